The van der Waals surface area contributed by atoms with Gasteiger partial charge in [0.25, 0.3) is 5.91 Å². The summed E-state index contributed by atoms with van der Waals surface area (Å²) in [4.78, 5) is 14.6. The lowest BCUT2D eigenvalue weighted by molar-refractivity contribution is 0.0906. The topological polar surface area (TPSA) is 96.2 Å². The van der Waals surface area contributed by atoms with Crippen LogP contribution in [0.15, 0.2) is 36.4 Å². The van der Waals surface area contributed by atoms with Crippen molar-refractivity contribution in [3.05, 3.63) is 53.5 Å². The van der Waals surface area contributed by atoms with Gasteiger partial charge in [0.15, 0.2) is 5.69 Å². The van der Waals surface area contributed by atoms with Crippen molar-refractivity contribution in [1.82, 2.24) is 20.4 Å². The first-order valence-corrected chi connectivity index (χ1v) is 9.94. The van der Waals surface area contributed by atoms with Crippen molar-refractivity contribution in [3.8, 4) is 0 Å². The van der Waals surface area contributed by atoms with Crippen molar-refractivity contribution in [3.63, 3.8) is 0 Å². The highest BCUT2D eigenvalue weighted by molar-refractivity contribution is 5.92. The summed E-state index contributed by atoms with van der Waals surface area (Å²) in [7, 11) is 0. The van der Waals surface area contributed by atoms with Crippen molar-refractivity contribution in [2.75, 3.05) is 31.6 Å². The first kappa shape index (κ1) is 21.1. The van der Waals surface area contributed by atoms with Crippen LogP contribution in [0.25, 0.3) is 0 Å². The number of nitrogens with one attached hydrogen (secondary N) is 2. The van der Waals surface area contributed by atoms with Crippen LogP contribution in [0.2, 0.25) is 0 Å². The number of anilines is 1. The molecule has 156 valence electrons. The summed E-state index contributed by atoms with van der Waals surface area (Å²) >= 11 is 0. The smallest absolute Gasteiger partial charge is 0.272 e. The zero-order valence-corrected chi connectivity index (χ0v) is 17.0. The van der Waals surface area contributed by atoms with Crippen molar-refractivity contribution in [2.24, 2.45) is 5.73 Å². The third kappa shape index (κ3) is 5.71. The number of aromatic nitrogens is 2. The number of nitrogens with two attached hydrogens (primary N) is 1. The molecule has 0 saturated carbocycles. The van der Waals surface area contributed by atoms with E-state index in [9.17, 15) is 9.18 Å². The van der Waals surface area contributed by atoms with Gasteiger partial charge in [-0.05, 0) is 42.7 Å². The van der Waals surface area contributed by atoms with E-state index in [0.717, 1.165) is 31.5 Å². The number of likely N-dealkylation sites (tertiary alicyclic amines) is 1. The summed E-state index contributed by atoms with van der Waals surface area (Å²) in [6, 6.07) is 10.1. The van der Waals surface area contributed by atoms with Crippen molar-refractivity contribution in [2.45, 2.75) is 38.1 Å². The van der Waals surface area contributed by atoms with E-state index in [1.807, 2.05) is 0 Å². The molecule has 1 aliphatic rings. The zero-order valence-electron chi connectivity index (χ0n) is 17.0. The third-order valence-electron chi connectivity index (χ3n) is 5.42. The van der Waals surface area contributed by atoms with Gasteiger partial charge in [-0.25, -0.2) is 4.39 Å². The summed E-state index contributed by atoms with van der Waals surface area (Å²) in [5, 5.41) is 14.4. The number of amides is 1. The molecule has 1 aromatic heterocycles. The number of hydrogen-bond donors (Lipinski definition) is 3. The number of benzene rings is 1. The van der Waals surface area contributed by atoms with E-state index in [0.29, 0.717) is 24.7 Å². The Labute approximate surface area is 170 Å². The second-order valence-corrected chi connectivity index (χ2v) is 8.10. The molecule has 1 saturated heterocycles. The van der Waals surface area contributed by atoms with Gasteiger partial charge in [-0.1, -0.05) is 26.0 Å². The average molecular weight is 401 g/mol. The Morgan fingerprint density at radius 3 is 2.45 bits per heavy atom. The molecule has 4 N–H and O–H groups in total. The fourth-order valence-corrected chi connectivity index (χ4v) is 3.38. The molecule has 0 radical (unpaired) electrons. The number of nitrogens with zero attached hydrogens (tertiary/aromatic N) is 3. The Kier molecular flexibility index (Phi) is 6.76. The van der Waals surface area contributed by atoms with E-state index in [1.165, 1.54) is 12.1 Å². The molecule has 1 fully saturated rings. The van der Waals surface area contributed by atoms with Crippen molar-refractivity contribution < 1.29 is 9.18 Å². The highest BCUT2D eigenvalue weighted by Crippen LogP contribution is 2.23. The van der Waals surface area contributed by atoms with E-state index in [4.69, 9.17) is 5.73 Å². The predicted molar refractivity (Wildman–Crippen MR) is 111 cm³/mol. The molecular formula is C21H29FN6O. The van der Waals surface area contributed by atoms with Crippen LogP contribution >= 0.6 is 0 Å². The van der Waals surface area contributed by atoms with Gasteiger partial charge in [-0.15, -0.1) is 10.2 Å². The Morgan fingerprint density at radius 1 is 1.17 bits per heavy atom. The summed E-state index contributed by atoms with van der Waals surface area (Å²) in [5.74, 6) is 0.136. The van der Waals surface area contributed by atoms with Crippen LogP contribution < -0.4 is 16.4 Å². The quantitative estimate of drug-likeness (QED) is 0.659. The molecule has 1 aromatic carbocycles. The Bertz CT molecular complexity index is 801. The number of rotatable bonds is 7. The summed E-state index contributed by atoms with van der Waals surface area (Å²) < 4.78 is 13.1. The fraction of sp³-hybridized carbons (Fsp3) is 0.476. The van der Waals surface area contributed by atoms with Crippen LogP contribution in [0.1, 0.15) is 42.7 Å². The monoisotopic (exact) mass is 400 g/mol. The van der Waals surface area contributed by atoms with Crippen molar-refractivity contribution in [1.29, 1.82) is 0 Å². The molecule has 0 atom stereocenters. The zero-order chi connectivity index (χ0) is 20.9. The molecule has 0 spiro atoms. The van der Waals surface area contributed by atoms with Gasteiger partial charge >= 0.3 is 0 Å². The number of carbonyl (C=O) groups excluding carboxylic acids is 1. The Hall–Kier alpha value is -2.58. The van der Waals surface area contributed by atoms with Gasteiger partial charge in [-0.3, -0.25) is 9.69 Å². The van der Waals surface area contributed by atoms with Crippen molar-refractivity contribution >= 4 is 11.7 Å². The predicted octanol–water partition coefficient (Wildman–Crippen LogP) is 2.12. The normalized spacial score (nSPS) is 15.9. The molecule has 29 heavy (non-hydrogen) atoms. The lowest BCUT2D eigenvalue weighted by Crippen LogP contribution is -2.46. The maximum atomic E-state index is 13.1. The van der Waals surface area contributed by atoms with E-state index < -0.39 is 0 Å². The van der Waals surface area contributed by atoms with Gasteiger partial charge in [0.2, 0.25) is 0 Å². The molecule has 2 aromatic rings. The van der Waals surface area contributed by atoms with Crippen LogP contribution in [-0.4, -0.2) is 53.3 Å². The Morgan fingerprint density at radius 2 is 1.86 bits per heavy atom. The minimum atomic E-state index is -0.248. The van der Waals surface area contributed by atoms with E-state index in [1.54, 1.807) is 24.3 Å². The largest absolute Gasteiger partial charge is 0.368 e. The van der Waals surface area contributed by atoms with Gasteiger partial charge in [-0.2, -0.15) is 0 Å². The molecule has 0 bridgehead atoms. The SMILES string of the molecule is CC(C)(CNc1ccc(C(=O)NC2CCN(CN)CC2)nn1)c1ccc(F)cc1. The minimum absolute atomic E-state index is 0.140. The lowest BCUT2D eigenvalue weighted by atomic mass is 9.84. The Balaban J connectivity index is 1.52. The van der Waals surface area contributed by atoms with Gasteiger partial charge < -0.3 is 16.4 Å². The molecule has 0 unspecified atom stereocenters. The summed E-state index contributed by atoms with van der Waals surface area (Å²) in [6.07, 6.45) is 1.77. The molecule has 8 heteroatoms. The molecule has 1 amide bonds. The maximum Gasteiger partial charge on any atom is 0.272 e. The molecule has 1 aliphatic heterocycles. The number of halogens is 1. The highest BCUT2D eigenvalue weighted by atomic mass is 19.1. The third-order valence-corrected chi connectivity index (χ3v) is 5.42. The van der Waals surface area contributed by atoms with Crippen LogP contribution in [0.3, 0.4) is 0 Å². The van der Waals surface area contributed by atoms with E-state index >= 15 is 0 Å². The van der Waals surface area contributed by atoms with Crippen LogP contribution in [0.4, 0.5) is 10.2 Å². The van der Waals surface area contributed by atoms with Crippen LogP contribution in [0, 0.1) is 5.82 Å². The lowest BCUT2D eigenvalue weighted by Gasteiger charge is -2.31. The number of hydrogen-bond acceptors (Lipinski definition) is 6. The summed E-state index contributed by atoms with van der Waals surface area (Å²) in [6.45, 7) is 7.06. The summed E-state index contributed by atoms with van der Waals surface area (Å²) in [5.41, 5.74) is 6.75. The van der Waals surface area contributed by atoms with E-state index in [2.05, 4.69) is 39.6 Å². The van der Waals surface area contributed by atoms with Gasteiger partial charge in [0.05, 0.1) is 0 Å². The van der Waals surface area contributed by atoms with Gasteiger partial charge in [0.1, 0.15) is 11.6 Å². The second-order valence-electron chi connectivity index (χ2n) is 8.10. The first-order valence-electron chi connectivity index (χ1n) is 9.94. The molecule has 0 aliphatic carbocycles. The molecular weight excluding hydrogens is 371 g/mol. The number of piperidine rings is 1. The average Bonchev–Trinajstić information content (AvgIpc) is 2.73. The molecule has 2 heterocycles. The van der Waals surface area contributed by atoms with Crippen LogP contribution in [0.5, 0.6) is 0 Å². The standard InChI is InChI=1S/C21H29FN6O/c1-21(2,15-3-5-16(22)6-4-15)13-24-19-8-7-18(26-27-19)20(29)25-17-9-11-28(14-23)12-10-17/h3-8,17H,9-14,23H2,1-2H3,(H,24,27)(H,25,29). The maximum absolute atomic E-state index is 13.1. The number of carbonyl (C=O) groups is 1. The first-order chi connectivity index (χ1) is 13.9. The molecule has 3 rings (SSSR count). The highest BCUT2D eigenvalue weighted by Gasteiger charge is 2.22. The van der Waals surface area contributed by atoms with E-state index in [-0.39, 0.29) is 23.2 Å². The fourth-order valence-electron chi connectivity index (χ4n) is 3.38. The second kappa shape index (κ2) is 9.28. The molecule has 7 nitrogen and oxygen atoms in total. The van der Waals surface area contributed by atoms with Gasteiger partial charge in [0, 0.05) is 37.8 Å². The van der Waals surface area contributed by atoms with Crippen LogP contribution in [-0.2, 0) is 5.41 Å². The minimum Gasteiger partial charge on any atom is -0.368 e.